The molecule has 9 aliphatic heterocycles. The monoisotopic (exact) mass is 1480 g/mol. The van der Waals surface area contributed by atoms with Gasteiger partial charge in [-0.15, -0.1) is 34.9 Å². The molecule has 9 fully saturated rings. The predicted octanol–water partition coefficient (Wildman–Crippen LogP) is 8.55. The van der Waals surface area contributed by atoms with Gasteiger partial charge in [0.05, 0.1) is 50.3 Å². The Kier molecular flexibility index (Phi) is 25.9. The minimum atomic E-state index is -5.07. The van der Waals surface area contributed by atoms with Crippen molar-refractivity contribution in [1.82, 2.24) is 75.6 Å². The second-order valence-corrected chi connectivity index (χ2v) is 32.5. The third-order valence-corrected chi connectivity index (χ3v) is 20.5. The van der Waals surface area contributed by atoms with Crippen molar-refractivity contribution in [2.24, 2.45) is 17.6 Å². The fourth-order valence-corrected chi connectivity index (χ4v) is 15.6. The molecule has 0 aliphatic carbocycles. The van der Waals surface area contributed by atoms with Gasteiger partial charge in [-0.1, -0.05) is 67.2 Å². The molecule has 5 N–H and O–H groups in total. The average Bonchev–Trinajstić information content (AvgIpc) is 1.62. The average molecular weight is 1480 g/mol. The summed E-state index contributed by atoms with van der Waals surface area (Å²) in [4.78, 5) is 70.0. The van der Waals surface area contributed by atoms with Crippen LogP contribution in [0.5, 0.6) is 0 Å². The third-order valence-electron chi connectivity index (χ3n) is 19.8. The third kappa shape index (κ3) is 19.8. The van der Waals surface area contributed by atoms with Crippen LogP contribution in [0.2, 0.25) is 0 Å². The number of rotatable bonds is 22. The number of aromatic nitrogens is 6. The zero-order valence-corrected chi connectivity index (χ0v) is 62.6. The molecule has 574 valence electrons. The van der Waals surface area contributed by atoms with Crippen LogP contribution in [0.25, 0.3) is 0 Å². The topological polar surface area (TPSA) is 435 Å². The summed E-state index contributed by atoms with van der Waals surface area (Å²) in [5, 5.41) is 39.8. The number of nitrogens with zero attached hydrogens (tertiary/aromatic N) is 15. The van der Waals surface area contributed by atoms with E-state index in [2.05, 4.69) is 79.1 Å². The summed E-state index contributed by atoms with van der Waals surface area (Å²) in [5.41, 5.74) is 4.62. The first-order chi connectivity index (χ1) is 48.0. The number of likely N-dealkylation sites (tertiary alicyclic amines) is 2. The van der Waals surface area contributed by atoms with E-state index in [1.165, 1.54) is 91.8 Å². The quantitative estimate of drug-likeness (QED) is 0.0316. The minimum Gasteiger partial charge on any atom is -0.724 e. The molecule has 102 heavy (non-hydrogen) atoms. The highest BCUT2D eigenvalue weighted by Gasteiger charge is 2.52. The summed E-state index contributed by atoms with van der Waals surface area (Å²) in [6.07, 6.45) is 15.4. The van der Waals surface area contributed by atoms with E-state index in [1.807, 2.05) is 27.7 Å². The molecule has 12 heterocycles. The number of urea groups is 3. The van der Waals surface area contributed by atoms with Crippen molar-refractivity contribution in [2.75, 3.05) is 65.4 Å². The molecule has 0 aromatic carbocycles. The molecule has 3 aromatic rings. The van der Waals surface area contributed by atoms with Gasteiger partial charge in [-0.2, -0.15) is 22.8 Å². The van der Waals surface area contributed by atoms with E-state index < -0.39 is 92.5 Å². The summed E-state index contributed by atoms with van der Waals surface area (Å²) in [5.74, 6) is 2.34. The van der Waals surface area contributed by atoms with Gasteiger partial charge in [0.1, 0.15) is 41.4 Å². The van der Waals surface area contributed by atoms with E-state index >= 15 is 0 Å². The zero-order valence-electron chi connectivity index (χ0n) is 61.0. The Balaban J connectivity index is 0.000000162. The van der Waals surface area contributed by atoms with Crippen LogP contribution < -0.4 is 11.1 Å². The lowest BCUT2D eigenvalue weighted by molar-refractivity contribution is -0.929. The maximum atomic E-state index is 12.7. The number of nitrogens with two attached hydrogens (primary N) is 1. The Hall–Kier alpha value is -6.65. The fraction of sp³-hybridized carbons (Fsp3) is 0.828. The van der Waals surface area contributed by atoms with Gasteiger partial charge in [-0.3, -0.25) is 19.6 Å². The Labute approximate surface area is 597 Å². The highest BCUT2D eigenvalue weighted by atomic mass is 32.3. The van der Waals surface area contributed by atoms with Crippen molar-refractivity contribution in [1.29, 1.82) is 0 Å². The predicted molar refractivity (Wildman–Crippen MR) is 359 cm³/mol. The molecule has 0 unspecified atom stereocenters. The molecule has 12 atom stereocenters. The molecular formula is C64H107N17O19S2. The van der Waals surface area contributed by atoms with E-state index in [-0.39, 0.29) is 72.8 Å². The highest BCUT2D eigenvalue weighted by molar-refractivity contribution is 7.81. The van der Waals surface area contributed by atoms with Crippen LogP contribution in [0.3, 0.4) is 0 Å². The number of hydrogen-bond donors (Lipinski definition) is 4. The van der Waals surface area contributed by atoms with Crippen molar-refractivity contribution < 1.29 is 90.9 Å². The van der Waals surface area contributed by atoms with E-state index in [1.54, 1.807) is 35.5 Å². The van der Waals surface area contributed by atoms with Gasteiger partial charge in [0.2, 0.25) is 45.7 Å². The molecule has 6 bridgehead atoms. The maximum Gasteiger partial charge on any atom is 0.418 e. The number of unbranched alkanes of at least 4 members (excludes halogenated alkanes) is 4. The van der Waals surface area contributed by atoms with Crippen molar-refractivity contribution >= 4 is 51.1 Å². The van der Waals surface area contributed by atoms with Crippen LogP contribution in [0, 0.1) is 11.8 Å². The molecule has 8 amide bonds. The van der Waals surface area contributed by atoms with E-state index in [0.29, 0.717) is 112 Å². The number of piperidine rings is 3. The van der Waals surface area contributed by atoms with E-state index in [9.17, 15) is 50.6 Å². The lowest BCUT2D eigenvalue weighted by Crippen LogP contribution is -2.50. The summed E-state index contributed by atoms with van der Waals surface area (Å²) in [6.45, 7) is 32.5. The second-order valence-electron chi connectivity index (χ2n) is 30.5. The van der Waals surface area contributed by atoms with Gasteiger partial charge in [0.25, 0.3) is 0 Å². The molecule has 3 aromatic heterocycles. The number of hydroxylamine groups is 6. The van der Waals surface area contributed by atoms with Crippen LogP contribution in [-0.2, 0) is 38.8 Å². The zero-order chi connectivity index (χ0) is 74.4. The normalized spacial score (nSPS) is 27.3. The molecule has 0 radical (unpaired) electrons. The molecule has 9 saturated heterocycles. The van der Waals surface area contributed by atoms with Gasteiger partial charge in [0.15, 0.2) is 0 Å². The van der Waals surface area contributed by atoms with Crippen molar-refractivity contribution in [2.45, 2.75) is 264 Å². The number of fused-ring (bicyclic) bond motifs is 6. The van der Waals surface area contributed by atoms with Gasteiger partial charge in [-0.25, -0.2) is 37.5 Å². The molecule has 36 nitrogen and oxygen atoms in total. The van der Waals surface area contributed by atoms with Crippen LogP contribution >= 0.6 is 0 Å². The number of amides is 8. The second kappa shape index (κ2) is 33.2. The Morgan fingerprint density at radius 3 is 1.26 bits per heavy atom. The number of ether oxygens (including phenoxy) is 2. The number of nitrogens with one attached hydrogen (secondary N) is 1. The standard InChI is InChI=1S/C18H27N5O8S.C18H27N5O5.C16H36N.C12H18N6O6S/c1-10-7-13(22(8-10)17(25)30-18(2,3)4)15-20-19-14(29-15)12-6-5-11-9-21(12)16(24)23(11)31-32(26,27)28;1-10-7-13(22(8-10)17(25)28-18(2,3)4)15-20-19-14(27-15)12-6-5-11-9-21(12)16(24)23(11)26;1-5-9-13-17(14-10-6-2,15-11-7-3)16-12-8-4;13-6-3-8(14-4-6)10-15-16-11(23-10)9-2-1-7-5-17(9)12(19)18(7)24-25(20,21)22/h10-13H,5-9H2,1-4H3,(H,26,27,28);10-13,26H,5-9H2,1-4H3;5-16H2,1-4H3;6-9,14H,1-5,13H2,(H,20,21,22)/q;;+1;/p-1/t2*10-,11+,12-,13+;;6-,7+,8+,9-/m00.0/s1. The van der Waals surface area contributed by atoms with Gasteiger partial charge >= 0.3 is 40.7 Å². The van der Waals surface area contributed by atoms with E-state index in [4.69, 9.17) is 33.0 Å². The van der Waals surface area contributed by atoms with Crippen LogP contribution in [0.15, 0.2) is 13.3 Å². The summed E-state index contributed by atoms with van der Waals surface area (Å²) in [6, 6.07) is -5.30. The van der Waals surface area contributed by atoms with Gasteiger partial charge < -0.3 is 57.5 Å². The Morgan fingerprint density at radius 2 is 0.902 bits per heavy atom. The Bertz CT molecular complexity index is 3530. The van der Waals surface area contributed by atoms with Crippen LogP contribution in [-0.4, -0.2) is 237 Å². The first-order valence-electron chi connectivity index (χ1n) is 36.2. The number of carbonyl (C=O) groups excluding carboxylic acids is 5. The van der Waals surface area contributed by atoms with Crippen molar-refractivity contribution in [3.8, 4) is 0 Å². The number of carbonyl (C=O) groups is 5. The molecule has 9 aliphatic rings. The van der Waals surface area contributed by atoms with Crippen molar-refractivity contribution in [3.05, 3.63) is 35.3 Å². The molecule has 12 rings (SSSR count). The fourth-order valence-electron chi connectivity index (χ4n) is 14.8. The smallest absolute Gasteiger partial charge is 0.418 e. The summed E-state index contributed by atoms with van der Waals surface area (Å²) < 4.78 is 102. The van der Waals surface area contributed by atoms with E-state index in [0.717, 1.165) is 5.06 Å². The van der Waals surface area contributed by atoms with Crippen molar-refractivity contribution in [3.63, 3.8) is 0 Å². The lowest BCUT2D eigenvalue weighted by Gasteiger charge is -2.39. The SMILES string of the molecule is CCCC[N+](CCCC)(CCCC)CCCC.C[C@H]1C[C@H](c2nnc([C@@H]3CC[C@@H]4CN3C(=O)N4O)o2)N(C(=O)OC(C)(C)C)C1.C[C@H]1C[C@H](c2nnc([C@@H]3CC[C@@H]4CN3C(=O)N4OS(=O)(=O)[O-])o2)N(C(=O)OC(C)(C)C)C1.N[C@@H]1CN[C@@H](c2nnc([C@@H]3CC[C@@H]4CN3C(=O)N4OS(=O)(=O)O)o2)C1. The lowest BCUT2D eigenvalue weighted by atomic mass is 10.0. The molecule has 38 heteroatoms. The van der Waals surface area contributed by atoms with Crippen LogP contribution in [0.4, 0.5) is 24.0 Å². The summed E-state index contributed by atoms with van der Waals surface area (Å²) in [7, 11) is -9.84. The Morgan fingerprint density at radius 1 is 0.549 bits per heavy atom. The van der Waals surface area contributed by atoms with Crippen LogP contribution in [0.1, 0.15) is 264 Å². The number of hydrogen-bond acceptors (Lipinski definition) is 26. The highest BCUT2D eigenvalue weighted by Crippen LogP contribution is 2.44. The first kappa shape index (κ1) is 79.5. The number of quaternary nitrogens is 1. The molecule has 0 spiro atoms. The van der Waals surface area contributed by atoms with Gasteiger partial charge in [0, 0.05) is 45.3 Å². The van der Waals surface area contributed by atoms with Gasteiger partial charge in [-0.05, 0) is 137 Å². The maximum absolute atomic E-state index is 12.7. The first-order valence-corrected chi connectivity index (χ1v) is 38.9. The largest absolute Gasteiger partial charge is 0.724 e. The summed E-state index contributed by atoms with van der Waals surface area (Å²) >= 11 is 0. The molecule has 0 saturated carbocycles. The molecular weight excluding hydrogens is 1370 g/mol. The minimum absolute atomic E-state index is 0.0297.